The van der Waals surface area contributed by atoms with Crippen molar-refractivity contribution in [1.29, 1.82) is 0 Å². The summed E-state index contributed by atoms with van der Waals surface area (Å²) in [5.41, 5.74) is 7.51. The molecule has 2 N–H and O–H groups in total. The highest BCUT2D eigenvalue weighted by Crippen LogP contribution is 2.58. The first-order valence-electron chi connectivity index (χ1n) is 6.01. The van der Waals surface area contributed by atoms with Gasteiger partial charge in [0.1, 0.15) is 0 Å². The molecule has 2 unspecified atom stereocenters. The molecule has 0 aromatic rings. The zero-order valence-corrected chi connectivity index (χ0v) is 10.2. The lowest BCUT2D eigenvalue weighted by atomic mass is 9.50. The van der Waals surface area contributed by atoms with Gasteiger partial charge in [0.15, 0.2) is 0 Å². The van der Waals surface area contributed by atoms with Crippen molar-refractivity contribution in [3.63, 3.8) is 0 Å². The maximum Gasteiger partial charge on any atom is 0.0136 e. The maximum absolute atomic E-state index is 6.38. The molecule has 0 spiro atoms. The van der Waals surface area contributed by atoms with Crippen LogP contribution in [0.3, 0.4) is 0 Å². The molecule has 2 rings (SSSR count). The van der Waals surface area contributed by atoms with Crippen molar-refractivity contribution in [1.82, 2.24) is 0 Å². The van der Waals surface area contributed by atoms with Gasteiger partial charge in [-0.15, -0.1) is 0 Å². The highest BCUT2D eigenvalue weighted by molar-refractivity contribution is 5.04. The van der Waals surface area contributed by atoms with Crippen LogP contribution in [0.4, 0.5) is 0 Å². The van der Waals surface area contributed by atoms with Crippen molar-refractivity contribution in [2.24, 2.45) is 22.5 Å². The average molecular weight is 195 g/mol. The van der Waals surface area contributed by atoms with Gasteiger partial charge >= 0.3 is 0 Å². The lowest BCUT2D eigenvalue weighted by molar-refractivity contribution is -0.0379. The third-order valence-corrected chi connectivity index (χ3v) is 4.20. The minimum atomic E-state index is 0.0852. The van der Waals surface area contributed by atoms with Crippen molar-refractivity contribution in [2.75, 3.05) is 0 Å². The van der Waals surface area contributed by atoms with Gasteiger partial charge in [-0.2, -0.15) is 0 Å². The Morgan fingerprint density at radius 3 is 1.79 bits per heavy atom. The predicted molar refractivity (Wildman–Crippen MR) is 61.1 cm³/mol. The zero-order chi connectivity index (χ0) is 10.6. The molecule has 0 amide bonds. The molecule has 2 bridgehead atoms. The Hall–Kier alpha value is -0.0400. The van der Waals surface area contributed by atoms with E-state index in [9.17, 15) is 0 Å². The fourth-order valence-corrected chi connectivity index (χ4v) is 5.21. The standard InChI is InChI=1S/C13H25N/c1-10-5-11(2)7-12(3,6-10)9-13(4,14)8-11/h10H,5-9,14H2,1-4H3/t10?,11-,12+,13?. The second kappa shape index (κ2) is 2.75. The fourth-order valence-electron chi connectivity index (χ4n) is 5.21. The van der Waals surface area contributed by atoms with Crippen LogP contribution in [0.25, 0.3) is 0 Å². The van der Waals surface area contributed by atoms with E-state index in [-0.39, 0.29) is 5.54 Å². The van der Waals surface area contributed by atoms with E-state index < -0.39 is 0 Å². The van der Waals surface area contributed by atoms with Crippen LogP contribution < -0.4 is 5.73 Å². The molecule has 1 nitrogen and oxygen atoms in total. The Labute approximate surface area is 88.4 Å². The van der Waals surface area contributed by atoms with Gasteiger partial charge in [-0.05, 0) is 55.8 Å². The van der Waals surface area contributed by atoms with Gasteiger partial charge < -0.3 is 5.73 Å². The van der Waals surface area contributed by atoms with Crippen LogP contribution in [0.15, 0.2) is 0 Å². The number of hydrogen-bond acceptors (Lipinski definition) is 1. The van der Waals surface area contributed by atoms with Crippen LogP contribution in [0.2, 0.25) is 0 Å². The fraction of sp³-hybridized carbons (Fsp3) is 1.00. The largest absolute Gasteiger partial charge is 0.325 e. The van der Waals surface area contributed by atoms with Crippen LogP contribution >= 0.6 is 0 Å². The predicted octanol–water partition coefficient (Wildman–Crippen LogP) is 3.33. The summed E-state index contributed by atoms with van der Waals surface area (Å²) in [5, 5.41) is 0. The molecule has 14 heavy (non-hydrogen) atoms. The van der Waals surface area contributed by atoms with E-state index in [2.05, 4.69) is 27.7 Å². The van der Waals surface area contributed by atoms with Crippen LogP contribution in [-0.2, 0) is 0 Å². The van der Waals surface area contributed by atoms with E-state index in [1.54, 1.807) is 0 Å². The summed E-state index contributed by atoms with van der Waals surface area (Å²) in [4.78, 5) is 0. The summed E-state index contributed by atoms with van der Waals surface area (Å²) in [5.74, 6) is 0.898. The Bertz CT molecular complexity index is 216. The van der Waals surface area contributed by atoms with Gasteiger partial charge in [0.2, 0.25) is 0 Å². The topological polar surface area (TPSA) is 26.0 Å². The van der Waals surface area contributed by atoms with Gasteiger partial charge in [0.05, 0.1) is 0 Å². The molecule has 82 valence electrons. The molecule has 0 aliphatic heterocycles. The van der Waals surface area contributed by atoms with Crippen LogP contribution in [0.5, 0.6) is 0 Å². The quantitative estimate of drug-likeness (QED) is 0.630. The third-order valence-electron chi connectivity index (χ3n) is 4.20. The highest BCUT2D eigenvalue weighted by atomic mass is 14.8. The Kier molecular flexibility index (Phi) is 2.06. The van der Waals surface area contributed by atoms with Crippen molar-refractivity contribution >= 4 is 0 Å². The van der Waals surface area contributed by atoms with Gasteiger partial charge in [-0.25, -0.2) is 0 Å². The van der Waals surface area contributed by atoms with E-state index in [0.29, 0.717) is 10.8 Å². The van der Waals surface area contributed by atoms with E-state index in [4.69, 9.17) is 5.73 Å². The molecule has 4 atom stereocenters. The third kappa shape index (κ3) is 1.84. The summed E-state index contributed by atoms with van der Waals surface area (Å²) >= 11 is 0. The molecular formula is C13H25N. The average Bonchev–Trinajstić information content (AvgIpc) is 1.71. The minimum Gasteiger partial charge on any atom is -0.325 e. The van der Waals surface area contributed by atoms with Crippen molar-refractivity contribution in [3.05, 3.63) is 0 Å². The summed E-state index contributed by atoms with van der Waals surface area (Å²) in [6.07, 6.45) is 6.61. The molecule has 0 heterocycles. The monoisotopic (exact) mass is 195 g/mol. The van der Waals surface area contributed by atoms with Crippen molar-refractivity contribution < 1.29 is 0 Å². The zero-order valence-electron chi connectivity index (χ0n) is 10.2. The lowest BCUT2D eigenvalue weighted by Gasteiger charge is -2.57. The second-order valence-electron chi connectivity index (χ2n) is 7.32. The molecule has 2 aliphatic rings. The van der Waals surface area contributed by atoms with Crippen molar-refractivity contribution in [2.45, 2.75) is 65.3 Å². The Morgan fingerprint density at radius 2 is 1.36 bits per heavy atom. The van der Waals surface area contributed by atoms with Gasteiger partial charge in [0, 0.05) is 5.54 Å². The van der Waals surface area contributed by atoms with Crippen LogP contribution in [-0.4, -0.2) is 5.54 Å². The molecule has 2 aliphatic carbocycles. The normalized spacial score (nSPS) is 58.5. The van der Waals surface area contributed by atoms with Gasteiger partial charge in [-0.3, -0.25) is 0 Å². The number of rotatable bonds is 0. The first-order valence-corrected chi connectivity index (χ1v) is 6.01. The van der Waals surface area contributed by atoms with Gasteiger partial charge in [0.25, 0.3) is 0 Å². The molecule has 0 aromatic carbocycles. The summed E-state index contributed by atoms with van der Waals surface area (Å²) in [7, 11) is 0. The van der Waals surface area contributed by atoms with E-state index in [1.165, 1.54) is 32.1 Å². The van der Waals surface area contributed by atoms with E-state index >= 15 is 0 Å². The van der Waals surface area contributed by atoms with Crippen LogP contribution in [0.1, 0.15) is 59.8 Å². The molecule has 0 saturated heterocycles. The molecule has 2 fully saturated rings. The second-order valence-corrected chi connectivity index (χ2v) is 7.32. The first-order chi connectivity index (χ1) is 6.22. The highest BCUT2D eigenvalue weighted by Gasteiger charge is 2.51. The molecule has 2 saturated carbocycles. The van der Waals surface area contributed by atoms with Crippen molar-refractivity contribution in [3.8, 4) is 0 Å². The minimum absolute atomic E-state index is 0.0852. The number of fused-ring (bicyclic) bond motifs is 2. The molecule has 0 aromatic heterocycles. The Morgan fingerprint density at radius 1 is 0.929 bits per heavy atom. The number of hydrogen-bond donors (Lipinski definition) is 1. The van der Waals surface area contributed by atoms with Crippen LogP contribution in [0, 0.1) is 16.7 Å². The Balaban J connectivity index is 2.28. The molecule has 0 radical (unpaired) electrons. The number of nitrogens with two attached hydrogens (primary N) is 1. The summed E-state index contributed by atoms with van der Waals surface area (Å²) in [6, 6.07) is 0. The van der Waals surface area contributed by atoms with E-state index in [0.717, 1.165) is 5.92 Å². The lowest BCUT2D eigenvalue weighted by Crippen LogP contribution is -2.54. The van der Waals surface area contributed by atoms with E-state index in [1.807, 2.05) is 0 Å². The smallest absolute Gasteiger partial charge is 0.0136 e. The first kappa shape index (κ1) is 10.5. The SMILES string of the molecule is CC1C[C@@]2(C)CC(C)(N)C[C@@](C)(C1)C2. The summed E-state index contributed by atoms with van der Waals surface area (Å²) in [6.45, 7) is 9.56. The maximum atomic E-state index is 6.38. The van der Waals surface area contributed by atoms with Gasteiger partial charge in [-0.1, -0.05) is 20.8 Å². The molecule has 1 heteroatoms. The molecular weight excluding hydrogens is 170 g/mol. The summed E-state index contributed by atoms with van der Waals surface area (Å²) < 4.78 is 0.